The summed E-state index contributed by atoms with van der Waals surface area (Å²) in [6.07, 6.45) is -7.20. The first-order valence-electron chi connectivity index (χ1n) is 12.2. The van der Waals surface area contributed by atoms with Gasteiger partial charge < -0.3 is 19.2 Å². The van der Waals surface area contributed by atoms with Gasteiger partial charge in [-0.05, 0) is 42.5 Å². The Morgan fingerprint density at radius 3 is 2.28 bits per heavy atom. The number of aryl methyl sites for hydroxylation is 1. The molecule has 0 saturated heterocycles. The largest absolute Gasteiger partial charge is 0.457 e. The van der Waals surface area contributed by atoms with Gasteiger partial charge in [-0.3, -0.25) is 9.54 Å². The highest BCUT2D eigenvalue weighted by Crippen LogP contribution is 2.35. The molecule has 0 radical (unpaired) electrons. The lowest BCUT2D eigenvalue weighted by Gasteiger charge is -2.23. The molecule has 0 unspecified atom stereocenters. The first-order valence-corrected chi connectivity index (χ1v) is 13.8. The van der Waals surface area contributed by atoms with Crippen LogP contribution in [0.4, 0.5) is 38.0 Å². The van der Waals surface area contributed by atoms with Crippen LogP contribution in [0.3, 0.4) is 0 Å². The van der Waals surface area contributed by atoms with Crippen LogP contribution in [0.25, 0.3) is 22.6 Å². The summed E-state index contributed by atoms with van der Waals surface area (Å²) in [6.45, 7) is -0.326. The normalized spacial score (nSPS) is 12.6. The maximum absolute atomic E-state index is 13.1. The van der Waals surface area contributed by atoms with E-state index in [1.807, 2.05) is 0 Å². The zero-order valence-electron chi connectivity index (χ0n) is 21.8. The molecule has 0 bridgehead atoms. The molecule has 43 heavy (non-hydrogen) atoms. The summed E-state index contributed by atoms with van der Waals surface area (Å²) in [5, 5.41) is 0. The first kappa shape index (κ1) is 29.8. The SMILES string of the molecule is Cn1c(N(CCS(=O)(=O)O)c2ccc(C(F)(F)F)cc2)nc2cc(Oc3ccnc(-c4ncc(C(F)(F)F)[nH]4)c3)ccc21. The summed E-state index contributed by atoms with van der Waals surface area (Å²) in [5.41, 5.74) is -0.716. The number of rotatable bonds is 8. The van der Waals surface area contributed by atoms with Gasteiger partial charge in [-0.2, -0.15) is 34.8 Å². The Balaban J connectivity index is 1.45. The van der Waals surface area contributed by atoms with Crippen molar-refractivity contribution in [3.63, 3.8) is 0 Å². The van der Waals surface area contributed by atoms with Gasteiger partial charge in [0.15, 0.2) is 5.82 Å². The Morgan fingerprint density at radius 1 is 0.953 bits per heavy atom. The lowest BCUT2D eigenvalue weighted by Crippen LogP contribution is -2.27. The van der Waals surface area contributed by atoms with Gasteiger partial charge in [0.2, 0.25) is 5.95 Å². The number of halogens is 6. The van der Waals surface area contributed by atoms with E-state index in [1.54, 1.807) is 29.8 Å². The Labute approximate surface area is 239 Å². The van der Waals surface area contributed by atoms with Crippen molar-refractivity contribution in [2.24, 2.45) is 7.05 Å². The molecule has 0 aliphatic heterocycles. The second kappa shape index (κ2) is 10.9. The number of nitrogens with zero attached hydrogens (tertiary/aromatic N) is 5. The fraction of sp³-hybridized carbons (Fsp3) is 0.192. The van der Waals surface area contributed by atoms with Crippen LogP contribution in [-0.4, -0.2) is 49.8 Å². The van der Waals surface area contributed by atoms with Crippen molar-refractivity contribution in [2.45, 2.75) is 12.4 Å². The summed E-state index contributed by atoms with van der Waals surface area (Å²) < 4.78 is 118. The van der Waals surface area contributed by atoms with Crippen molar-refractivity contribution in [1.82, 2.24) is 24.5 Å². The van der Waals surface area contributed by atoms with Gasteiger partial charge in [0.25, 0.3) is 10.1 Å². The predicted molar refractivity (Wildman–Crippen MR) is 142 cm³/mol. The number of aromatic amines is 1. The quantitative estimate of drug-likeness (QED) is 0.154. The molecule has 226 valence electrons. The number of fused-ring (bicyclic) bond motifs is 1. The fourth-order valence-corrected chi connectivity index (χ4v) is 4.60. The molecule has 0 fully saturated rings. The maximum atomic E-state index is 13.1. The number of imidazole rings is 2. The summed E-state index contributed by atoms with van der Waals surface area (Å²) in [5.74, 6) is -0.166. The van der Waals surface area contributed by atoms with E-state index in [0.29, 0.717) is 17.2 Å². The average molecular weight is 627 g/mol. The third kappa shape index (κ3) is 6.72. The number of nitrogens with one attached hydrogen (secondary N) is 1. The molecule has 5 aromatic rings. The van der Waals surface area contributed by atoms with Crippen LogP contribution in [0.15, 0.2) is 67.0 Å². The van der Waals surface area contributed by atoms with Gasteiger partial charge in [-0.1, -0.05) is 0 Å². The number of alkyl halides is 6. The molecule has 5 rings (SSSR count). The van der Waals surface area contributed by atoms with Crippen LogP contribution in [0.5, 0.6) is 11.5 Å². The molecule has 0 aliphatic carbocycles. The minimum Gasteiger partial charge on any atom is -0.457 e. The molecule has 0 atom stereocenters. The minimum absolute atomic E-state index is 0.0974. The highest BCUT2D eigenvalue weighted by molar-refractivity contribution is 7.85. The number of hydrogen-bond donors (Lipinski definition) is 2. The number of aromatic nitrogens is 5. The molecule has 0 amide bonds. The Morgan fingerprint density at radius 2 is 1.65 bits per heavy atom. The third-order valence-electron chi connectivity index (χ3n) is 6.24. The number of pyridine rings is 1. The summed E-state index contributed by atoms with van der Waals surface area (Å²) in [7, 11) is -2.81. The zero-order chi connectivity index (χ0) is 31.2. The average Bonchev–Trinajstić information content (AvgIpc) is 3.54. The van der Waals surface area contributed by atoms with Gasteiger partial charge >= 0.3 is 12.4 Å². The predicted octanol–water partition coefficient (Wildman–Crippen LogP) is 6.21. The fourth-order valence-electron chi connectivity index (χ4n) is 4.19. The van der Waals surface area contributed by atoms with E-state index in [2.05, 4.69) is 19.9 Å². The van der Waals surface area contributed by atoms with Crippen LogP contribution in [0, 0.1) is 0 Å². The molecule has 0 spiro atoms. The second-order valence-corrected chi connectivity index (χ2v) is 10.8. The topological polar surface area (TPSA) is 126 Å². The zero-order valence-corrected chi connectivity index (χ0v) is 22.7. The summed E-state index contributed by atoms with van der Waals surface area (Å²) >= 11 is 0. The molecule has 2 aromatic carbocycles. The minimum atomic E-state index is -4.61. The number of anilines is 2. The van der Waals surface area contributed by atoms with Crippen molar-refractivity contribution >= 4 is 32.8 Å². The molecule has 0 aliphatic rings. The third-order valence-corrected chi connectivity index (χ3v) is 6.94. The monoisotopic (exact) mass is 626 g/mol. The lowest BCUT2D eigenvalue weighted by molar-refractivity contribution is -0.141. The van der Waals surface area contributed by atoms with Crippen molar-refractivity contribution in [3.05, 3.63) is 78.2 Å². The number of hydrogen-bond acceptors (Lipinski definition) is 7. The Bertz CT molecular complexity index is 1880. The number of ether oxygens (including phenoxy) is 1. The standard InChI is InChI=1S/C26H20F6N6O4S/c1-37-21-7-6-17(42-18-8-9-33-20(13-18)23-34-14-22(36-23)26(30,31)32)12-19(21)35-24(37)38(10-11-43(39,40)41)16-4-2-15(3-5-16)25(27,28)29/h2-9,12-14H,10-11H2,1H3,(H,34,36)(H,39,40,41). The highest BCUT2D eigenvalue weighted by atomic mass is 32.2. The van der Waals surface area contributed by atoms with E-state index in [9.17, 15) is 39.3 Å². The summed E-state index contributed by atoms with van der Waals surface area (Å²) in [4.78, 5) is 15.8. The maximum Gasteiger partial charge on any atom is 0.432 e. The van der Waals surface area contributed by atoms with E-state index < -0.39 is 39.5 Å². The van der Waals surface area contributed by atoms with Crippen LogP contribution >= 0.6 is 0 Å². The van der Waals surface area contributed by atoms with Crippen molar-refractivity contribution in [3.8, 4) is 23.0 Å². The van der Waals surface area contributed by atoms with Gasteiger partial charge in [-0.25, -0.2) is 9.97 Å². The van der Waals surface area contributed by atoms with Crippen molar-refractivity contribution in [2.75, 3.05) is 17.2 Å². The molecule has 2 N–H and O–H groups in total. The summed E-state index contributed by atoms with van der Waals surface area (Å²) in [6, 6.07) is 11.7. The highest BCUT2D eigenvalue weighted by Gasteiger charge is 2.33. The van der Waals surface area contributed by atoms with Crippen LogP contribution in [0.2, 0.25) is 0 Å². The van der Waals surface area contributed by atoms with E-state index in [4.69, 9.17) is 4.74 Å². The van der Waals surface area contributed by atoms with E-state index in [-0.39, 0.29) is 41.2 Å². The second-order valence-electron chi connectivity index (χ2n) is 9.23. The van der Waals surface area contributed by atoms with E-state index in [1.165, 1.54) is 35.4 Å². The molecule has 0 saturated carbocycles. The van der Waals surface area contributed by atoms with Crippen LogP contribution in [-0.2, 0) is 29.5 Å². The molecule has 3 aromatic heterocycles. The lowest BCUT2D eigenvalue weighted by atomic mass is 10.2. The molecular weight excluding hydrogens is 606 g/mol. The van der Waals surface area contributed by atoms with Gasteiger partial charge in [0.05, 0.1) is 28.5 Å². The Hall–Kier alpha value is -4.64. The van der Waals surface area contributed by atoms with Crippen LogP contribution < -0.4 is 9.64 Å². The van der Waals surface area contributed by atoms with Crippen LogP contribution in [0.1, 0.15) is 11.3 Å². The number of benzene rings is 2. The Kier molecular flexibility index (Phi) is 7.55. The van der Waals surface area contributed by atoms with E-state index in [0.717, 1.165) is 12.1 Å². The first-order chi connectivity index (χ1) is 20.1. The van der Waals surface area contributed by atoms with Gasteiger partial charge in [0, 0.05) is 37.6 Å². The van der Waals surface area contributed by atoms with E-state index >= 15 is 0 Å². The number of H-pyrrole nitrogens is 1. The van der Waals surface area contributed by atoms with Gasteiger partial charge in [-0.15, -0.1) is 0 Å². The van der Waals surface area contributed by atoms with Crippen molar-refractivity contribution in [1.29, 1.82) is 0 Å². The molecular formula is C26H20F6N6O4S. The smallest absolute Gasteiger partial charge is 0.432 e. The van der Waals surface area contributed by atoms with Crippen molar-refractivity contribution < 1.29 is 44.0 Å². The molecule has 10 nitrogen and oxygen atoms in total. The van der Waals surface area contributed by atoms with Gasteiger partial charge in [0.1, 0.15) is 22.9 Å². The molecule has 3 heterocycles. The molecule has 17 heteroatoms.